The van der Waals surface area contributed by atoms with E-state index in [2.05, 4.69) is 13.8 Å². The third kappa shape index (κ3) is 7.53. The molecule has 3 atom stereocenters. The highest BCUT2D eigenvalue weighted by atomic mass is 17.2. The molecular formula is C15H30O4. The van der Waals surface area contributed by atoms with Crippen molar-refractivity contribution >= 4 is 5.97 Å². The van der Waals surface area contributed by atoms with E-state index in [1.54, 1.807) is 0 Å². The smallest absolute Gasteiger partial charge is 0.309 e. The number of rotatable bonds is 12. The van der Waals surface area contributed by atoms with Crippen LogP contribution in [0.1, 0.15) is 72.6 Å². The molecule has 0 aliphatic heterocycles. The fraction of sp³-hybridized carbons (Fsp3) is 0.933. The second-order valence-electron chi connectivity index (χ2n) is 5.05. The van der Waals surface area contributed by atoms with Crippen LogP contribution in [0.3, 0.4) is 0 Å². The minimum absolute atomic E-state index is 0.0746. The molecule has 19 heavy (non-hydrogen) atoms. The molecule has 0 fully saturated rings. The molecule has 3 unspecified atom stereocenters. The van der Waals surface area contributed by atoms with E-state index in [0.29, 0.717) is 6.42 Å². The van der Waals surface area contributed by atoms with E-state index in [1.165, 1.54) is 0 Å². The van der Waals surface area contributed by atoms with E-state index in [-0.39, 0.29) is 12.2 Å². The molecule has 0 bridgehead atoms. The van der Waals surface area contributed by atoms with Crippen LogP contribution in [0.5, 0.6) is 0 Å². The van der Waals surface area contributed by atoms with Crippen LogP contribution in [0, 0.1) is 5.92 Å². The van der Waals surface area contributed by atoms with Crippen LogP contribution in [0.25, 0.3) is 0 Å². The summed E-state index contributed by atoms with van der Waals surface area (Å²) in [5, 5.41) is 9.20. The first kappa shape index (κ1) is 18.4. The van der Waals surface area contributed by atoms with E-state index >= 15 is 0 Å². The highest BCUT2D eigenvalue weighted by molar-refractivity contribution is 5.70. The minimum atomic E-state index is -0.800. The van der Waals surface area contributed by atoms with Crippen molar-refractivity contribution in [2.24, 2.45) is 5.92 Å². The van der Waals surface area contributed by atoms with Crippen molar-refractivity contribution in [3.05, 3.63) is 0 Å². The Balaban J connectivity index is 4.35. The van der Waals surface area contributed by atoms with Crippen LogP contribution in [0.15, 0.2) is 0 Å². The first-order valence-electron chi connectivity index (χ1n) is 7.65. The van der Waals surface area contributed by atoms with Gasteiger partial charge in [-0.05, 0) is 25.7 Å². The maximum absolute atomic E-state index is 11.2. The average molecular weight is 274 g/mol. The Labute approximate surface area is 117 Å². The second-order valence-corrected chi connectivity index (χ2v) is 5.05. The van der Waals surface area contributed by atoms with Gasteiger partial charge in [-0.1, -0.05) is 47.0 Å². The fourth-order valence-corrected chi connectivity index (χ4v) is 2.10. The Kier molecular flexibility index (Phi) is 10.9. The molecule has 0 aromatic rings. The number of carboxylic acid groups (broad SMARTS) is 1. The molecule has 0 saturated carbocycles. The zero-order chi connectivity index (χ0) is 14.7. The van der Waals surface area contributed by atoms with Crippen LogP contribution in [-0.2, 0) is 14.6 Å². The largest absolute Gasteiger partial charge is 0.481 e. The Hall–Kier alpha value is -0.610. The summed E-state index contributed by atoms with van der Waals surface area (Å²) in [6, 6.07) is 0. The quantitative estimate of drug-likeness (QED) is 0.428. The maximum atomic E-state index is 11.2. The lowest BCUT2D eigenvalue weighted by molar-refractivity contribution is -0.360. The van der Waals surface area contributed by atoms with Gasteiger partial charge in [-0.3, -0.25) is 4.79 Å². The van der Waals surface area contributed by atoms with E-state index in [1.807, 2.05) is 13.8 Å². The molecule has 1 N–H and O–H groups in total. The van der Waals surface area contributed by atoms with Crippen molar-refractivity contribution in [2.45, 2.75) is 84.8 Å². The lowest BCUT2D eigenvalue weighted by Gasteiger charge is -2.24. The van der Waals surface area contributed by atoms with Gasteiger partial charge in [0.05, 0.1) is 12.0 Å². The number of hydrogen-bond acceptors (Lipinski definition) is 3. The molecule has 0 aliphatic carbocycles. The van der Waals surface area contributed by atoms with Gasteiger partial charge in [0.1, 0.15) is 6.10 Å². The Bertz CT molecular complexity index is 230. The van der Waals surface area contributed by atoms with Crippen molar-refractivity contribution in [3.8, 4) is 0 Å². The first-order valence-corrected chi connectivity index (χ1v) is 7.65. The fourth-order valence-electron chi connectivity index (χ4n) is 2.10. The van der Waals surface area contributed by atoms with E-state index in [0.717, 1.165) is 38.5 Å². The van der Waals surface area contributed by atoms with Gasteiger partial charge in [0.15, 0.2) is 0 Å². The predicted octanol–water partition coefficient (Wildman–Crippen LogP) is 4.18. The standard InChI is InChI=1S/C15H30O4/c1-5-9-11-12(7-3)18-19-14(10-6-2)13(8-4)15(16)17/h12-14H,5-11H2,1-4H3,(H,16,17). The van der Waals surface area contributed by atoms with E-state index in [4.69, 9.17) is 9.78 Å². The van der Waals surface area contributed by atoms with E-state index in [9.17, 15) is 9.90 Å². The van der Waals surface area contributed by atoms with Gasteiger partial charge in [0.25, 0.3) is 0 Å². The van der Waals surface area contributed by atoms with Gasteiger partial charge >= 0.3 is 5.97 Å². The third-order valence-corrected chi connectivity index (χ3v) is 3.43. The summed E-state index contributed by atoms with van der Waals surface area (Å²) >= 11 is 0. The van der Waals surface area contributed by atoms with Crippen molar-refractivity contribution in [1.82, 2.24) is 0 Å². The Morgan fingerprint density at radius 1 is 1.00 bits per heavy atom. The zero-order valence-electron chi connectivity index (χ0n) is 12.9. The number of unbranched alkanes of at least 4 members (excludes halogenated alkanes) is 1. The lowest BCUT2D eigenvalue weighted by atomic mass is 9.96. The topological polar surface area (TPSA) is 55.8 Å². The van der Waals surface area contributed by atoms with Crippen LogP contribution in [-0.4, -0.2) is 23.3 Å². The van der Waals surface area contributed by atoms with Crippen molar-refractivity contribution in [2.75, 3.05) is 0 Å². The van der Waals surface area contributed by atoms with Crippen molar-refractivity contribution in [1.29, 1.82) is 0 Å². The summed E-state index contributed by atoms with van der Waals surface area (Å²) < 4.78 is 0. The first-order chi connectivity index (χ1) is 9.10. The summed E-state index contributed by atoms with van der Waals surface area (Å²) in [5.74, 6) is -1.28. The molecule has 0 rings (SSSR count). The monoisotopic (exact) mass is 274 g/mol. The molecule has 0 saturated heterocycles. The number of hydrogen-bond donors (Lipinski definition) is 1. The predicted molar refractivity (Wildman–Crippen MR) is 75.9 cm³/mol. The molecule has 0 aliphatic rings. The van der Waals surface area contributed by atoms with Crippen LogP contribution in [0.4, 0.5) is 0 Å². The van der Waals surface area contributed by atoms with Gasteiger partial charge in [-0.15, -0.1) is 0 Å². The highest BCUT2D eigenvalue weighted by Crippen LogP contribution is 2.20. The van der Waals surface area contributed by atoms with Crippen LogP contribution in [0.2, 0.25) is 0 Å². The summed E-state index contributed by atoms with van der Waals surface area (Å²) in [6.45, 7) is 8.11. The van der Waals surface area contributed by atoms with Gasteiger partial charge in [0.2, 0.25) is 0 Å². The van der Waals surface area contributed by atoms with Gasteiger partial charge in [0, 0.05) is 0 Å². The molecule has 0 spiro atoms. The molecular weight excluding hydrogens is 244 g/mol. The maximum Gasteiger partial charge on any atom is 0.309 e. The van der Waals surface area contributed by atoms with Gasteiger partial charge in [-0.25, -0.2) is 9.78 Å². The Morgan fingerprint density at radius 2 is 1.68 bits per heavy atom. The van der Waals surface area contributed by atoms with E-state index < -0.39 is 11.9 Å². The van der Waals surface area contributed by atoms with Gasteiger partial charge in [-0.2, -0.15) is 0 Å². The molecule has 0 aromatic heterocycles. The molecule has 0 heterocycles. The molecule has 114 valence electrons. The Morgan fingerprint density at radius 3 is 2.11 bits per heavy atom. The minimum Gasteiger partial charge on any atom is -0.481 e. The number of aliphatic carboxylic acids is 1. The lowest BCUT2D eigenvalue weighted by Crippen LogP contribution is -2.31. The highest BCUT2D eigenvalue weighted by Gasteiger charge is 2.28. The molecule has 4 nitrogen and oxygen atoms in total. The summed E-state index contributed by atoms with van der Waals surface area (Å²) in [7, 11) is 0. The molecule has 4 heteroatoms. The number of carboxylic acids is 1. The third-order valence-electron chi connectivity index (χ3n) is 3.43. The second kappa shape index (κ2) is 11.2. The summed E-state index contributed by atoms with van der Waals surface area (Å²) in [6.07, 6.45) is 6.00. The number of carbonyl (C=O) groups is 1. The normalized spacial score (nSPS) is 16.0. The average Bonchev–Trinajstić information content (AvgIpc) is 2.39. The van der Waals surface area contributed by atoms with Crippen molar-refractivity contribution in [3.63, 3.8) is 0 Å². The summed E-state index contributed by atoms with van der Waals surface area (Å²) in [5.41, 5.74) is 0. The summed E-state index contributed by atoms with van der Waals surface area (Å²) in [4.78, 5) is 22.1. The molecule has 0 amide bonds. The zero-order valence-corrected chi connectivity index (χ0v) is 12.9. The van der Waals surface area contributed by atoms with Crippen LogP contribution < -0.4 is 0 Å². The molecule has 0 radical (unpaired) electrons. The molecule has 0 aromatic carbocycles. The van der Waals surface area contributed by atoms with Crippen LogP contribution >= 0.6 is 0 Å². The SMILES string of the molecule is CCCCC(CC)OOC(CCC)C(CC)C(=O)O. The van der Waals surface area contributed by atoms with Crippen molar-refractivity contribution < 1.29 is 19.7 Å². The van der Waals surface area contributed by atoms with Gasteiger partial charge < -0.3 is 5.11 Å².